The van der Waals surface area contributed by atoms with Crippen molar-refractivity contribution in [3.63, 3.8) is 0 Å². The standard InChI is InChI=1S/C13H14N4O3S/c1-8-14-13(21-17-8)16-12(20)15-10(11(18)19)7-9-5-3-2-4-6-9/h2-6,10H,7H2,1H3,(H,18,19)(H2,14,15,16,17,20)/t10-/m0/s1. The monoisotopic (exact) mass is 306 g/mol. The largest absolute Gasteiger partial charge is 0.480 e. The van der Waals surface area contributed by atoms with Gasteiger partial charge in [0.2, 0.25) is 5.13 Å². The van der Waals surface area contributed by atoms with Gasteiger partial charge in [-0.1, -0.05) is 30.3 Å². The van der Waals surface area contributed by atoms with Gasteiger partial charge in [-0.2, -0.15) is 4.37 Å². The third-order valence-corrected chi connectivity index (χ3v) is 3.36. The Morgan fingerprint density at radius 1 is 1.33 bits per heavy atom. The minimum absolute atomic E-state index is 0.207. The van der Waals surface area contributed by atoms with Crippen molar-refractivity contribution in [3.8, 4) is 0 Å². The Hall–Kier alpha value is -2.48. The normalized spacial score (nSPS) is 11.7. The molecular weight excluding hydrogens is 292 g/mol. The minimum Gasteiger partial charge on any atom is -0.480 e. The van der Waals surface area contributed by atoms with Gasteiger partial charge in [0.25, 0.3) is 0 Å². The second kappa shape index (κ2) is 6.80. The zero-order chi connectivity index (χ0) is 15.2. The van der Waals surface area contributed by atoms with Gasteiger partial charge in [0.05, 0.1) is 0 Å². The van der Waals surface area contributed by atoms with Crippen molar-refractivity contribution in [2.45, 2.75) is 19.4 Å². The first-order chi connectivity index (χ1) is 10.0. The number of anilines is 1. The highest BCUT2D eigenvalue weighted by Crippen LogP contribution is 2.10. The first kappa shape index (κ1) is 14.9. The third-order valence-electron chi connectivity index (χ3n) is 2.63. The molecule has 0 aliphatic heterocycles. The van der Waals surface area contributed by atoms with Gasteiger partial charge >= 0.3 is 12.0 Å². The highest BCUT2D eigenvalue weighted by Gasteiger charge is 2.20. The van der Waals surface area contributed by atoms with Gasteiger partial charge in [0.1, 0.15) is 11.9 Å². The molecule has 0 saturated carbocycles. The zero-order valence-electron chi connectivity index (χ0n) is 11.2. The molecule has 1 aromatic carbocycles. The average Bonchev–Trinajstić information content (AvgIpc) is 2.84. The summed E-state index contributed by atoms with van der Waals surface area (Å²) >= 11 is 1.04. The van der Waals surface area contributed by atoms with E-state index in [0.29, 0.717) is 11.0 Å². The van der Waals surface area contributed by atoms with Crippen LogP contribution in [0.25, 0.3) is 0 Å². The fourth-order valence-electron chi connectivity index (χ4n) is 1.69. The van der Waals surface area contributed by atoms with Crippen molar-refractivity contribution in [3.05, 3.63) is 41.7 Å². The smallest absolute Gasteiger partial charge is 0.326 e. The fraction of sp³-hybridized carbons (Fsp3) is 0.231. The Kier molecular flexibility index (Phi) is 4.83. The Balaban J connectivity index is 1.96. The van der Waals surface area contributed by atoms with Crippen molar-refractivity contribution in [2.24, 2.45) is 0 Å². The summed E-state index contributed by atoms with van der Waals surface area (Å²) in [7, 11) is 0. The lowest BCUT2D eigenvalue weighted by molar-refractivity contribution is -0.139. The van der Waals surface area contributed by atoms with E-state index in [1.807, 2.05) is 30.3 Å². The Labute approximate surface area is 125 Å². The van der Waals surface area contributed by atoms with E-state index in [4.69, 9.17) is 0 Å². The Morgan fingerprint density at radius 2 is 2.05 bits per heavy atom. The summed E-state index contributed by atoms with van der Waals surface area (Å²) in [5.41, 5.74) is 0.831. The molecule has 2 amide bonds. The van der Waals surface area contributed by atoms with Gasteiger partial charge in [-0.05, 0) is 12.5 Å². The number of carbonyl (C=O) groups excluding carboxylic acids is 1. The Morgan fingerprint density at radius 3 is 2.62 bits per heavy atom. The second-order valence-electron chi connectivity index (χ2n) is 4.33. The highest BCUT2D eigenvalue weighted by atomic mass is 32.1. The number of nitrogens with zero attached hydrogens (tertiary/aromatic N) is 2. The highest BCUT2D eigenvalue weighted by molar-refractivity contribution is 7.09. The molecule has 0 spiro atoms. The van der Waals surface area contributed by atoms with Gasteiger partial charge < -0.3 is 10.4 Å². The number of rotatable bonds is 5. The van der Waals surface area contributed by atoms with E-state index in [2.05, 4.69) is 20.0 Å². The van der Waals surface area contributed by atoms with E-state index in [0.717, 1.165) is 17.1 Å². The summed E-state index contributed by atoms with van der Waals surface area (Å²) in [6.45, 7) is 1.70. The summed E-state index contributed by atoms with van der Waals surface area (Å²) in [5, 5.41) is 14.4. The van der Waals surface area contributed by atoms with E-state index in [9.17, 15) is 14.7 Å². The van der Waals surface area contributed by atoms with Gasteiger partial charge in [-0.25, -0.2) is 14.6 Å². The molecular formula is C13H14N4O3S. The number of amides is 2. The van der Waals surface area contributed by atoms with E-state index in [1.165, 1.54) is 0 Å². The van der Waals surface area contributed by atoms with Crippen LogP contribution in [0.5, 0.6) is 0 Å². The number of carboxylic acid groups (broad SMARTS) is 1. The van der Waals surface area contributed by atoms with Gasteiger partial charge in [-0.15, -0.1) is 0 Å². The molecule has 0 fully saturated rings. The van der Waals surface area contributed by atoms with Crippen LogP contribution >= 0.6 is 11.5 Å². The van der Waals surface area contributed by atoms with Crippen LogP contribution in [0.15, 0.2) is 30.3 Å². The maximum Gasteiger partial charge on any atom is 0.326 e. The molecule has 1 atom stereocenters. The number of aromatic nitrogens is 2. The number of carboxylic acids is 1. The summed E-state index contributed by atoms with van der Waals surface area (Å²) in [6.07, 6.45) is 0.207. The second-order valence-corrected chi connectivity index (χ2v) is 5.08. The molecule has 1 heterocycles. The number of hydrogen-bond acceptors (Lipinski definition) is 5. The molecule has 0 aliphatic carbocycles. The number of urea groups is 1. The summed E-state index contributed by atoms with van der Waals surface area (Å²) in [6, 6.07) is 7.47. The zero-order valence-corrected chi connectivity index (χ0v) is 12.1. The molecule has 110 valence electrons. The summed E-state index contributed by atoms with van der Waals surface area (Å²) < 4.78 is 3.92. The maximum atomic E-state index is 11.8. The van der Waals surface area contributed by atoms with Crippen molar-refractivity contribution >= 4 is 28.7 Å². The van der Waals surface area contributed by atoms with Crippen LogP contribution in [0.4, 0.5) is 9.93 Å². The van der Waals surface area contributed by atoms with E-state index >= 15 is 0 Å². The Bertz CT molecular complexity index is 629. The number of nitrogens with one attached hydrogen (secondary N) is 2. The van der Waals surface area contributed by atoms with E-state index < -0.39 is 18.0 Å². The lowest BCUT2D eigenvalue weighted by atomic mass is 10.1. The summed E-state index contributed by atoms with van der Waals surface area (Å²) in [5.74, 6) is -0.545. The third kappa shape index (κ3) is 4.53. The van der Waals surface area contributed by atoms with Gasteiger partial charge in [0, 0.05) is 18.0 Å². The molecule has 1 aromatic heterocycles. The molecule has 0 bridgehead atoms. The number of hydrogen-bond donors (Lipinski definition) is 3. The molecule has 2 rings (SSSR count). The van der Waals surface area contributed by atoms with Crippen LogP contribution in [0, 0.1) is 6.92 Å². The molecule has 2 aromatic rings. The molecule has 7 nitrogen and oxygen atoms in total. The van der Waals surface area contributed by atoms with Crippen LogP contribution in [-0.2, 0) is 11.2 Å². The van der Waals surface area contributed by atoms with Crippen LogP contribution in [0.3, 0.4) is 0 Å². The van der Waals surface area contributed by atoms with E-state index in [-0.39, 0.29) is 6.42 Å². The number of aryl methyl sites for hydroxylation is 1. The van der Waals surface area contributed by atoms with Crippen molar-refractivity contribution in [1.82, 2.24) is 14.7 Å². The van der Waals surface area contributed by atoms with Gasteiger partial charge in [0.15, 0.2) is 0 Å². The van der Waals surface area contributed by atoms with Crippen LogP contribution in [0.1, 0.15) is 11.4 Å². The molecule has 0 aliphatic rings. The fourth-order valence-corrected chi connectivity index (χ4v) is 2.26. The molecule has 8 heteroatoms. The summed E-state index contributed by atoms with van der Waals surface area (Å²) in [4.78, 5) is 27.0. The first-order valence-corrected chi connectivity index (χ1v) is 6.96. The molecule has 21 heavy (non-hydrogen) atoms. The molecule has 3 N–H and O–H groups in total. The minimum atomic E-state index is -1.09. The molecule has 0 saturated heterocycles. The maximum absolute atomic E-state index is 11.8. The van der Waals surface area contributed by atoms with Crippen LogP contribution in [0.2, 0.25) is 0 Å². The van der Waals surface area contributed by atoms with Crippen LogP contribution < -0.4 is 10.6 Å². The number of benzene rings is 1. The average molecular weight is 306 g/mol. The predicted octanol–water partition coefficient (Wildman–Crippen LogP) is 1.66. The quantitative estimate of drug-likeness (QED) is 0.779. The first-order valence-electron chi connectivity index (χ1n) is 6.19. The van der Waals surface area contributed by atoms with E-state index in [1.54, 1.807) is 6.92 Å². The lowest BCUT2D eigenvalue weighted by Gasteiger charge is -2.14. The lowest BCUT2D eigenvalue weighted by Crippen LogP contribution is -2.44. The van der Waals surface area contributed by atoms with Gasteiger partial charge in [-0.3, -0.25) is 5.32 Å². The van der Waals surface area contributed by atoms with Crippen molar-refractivity contribution in [2.75, 3.05) is 5.32 Å². The molecule has 0 unspecified atom stereocenters. The predicted molar refractivity (Wildman–Crippen MR) is 78.4 cm³/mol. The SMILES string of the molecule is Cc1nsc(NC(=O)N[C@@H](Cc2ccccc2)C(=O)O)n1. The number of carbonyl (C=O) groups is 2. The topological polar surface area (TPSA) is 104 Å². The molecule has 0 radical (unpaired) electrons. The van der Waals surface area contributed by atoms with Crippen molar-refractivity contribution < 1.29 is 14.7 Å². The van der Waals surface area contributed by atoms with Crippen molar-refractivity contribution in [1.29, 1.82) is 0 Å². The van der Waals surface area contributed by atoms with Crippen LogP contribution in [-0.4, -0.2) is 32.5 Å². The number of aliphatic carboxylic acids is 1.